The largest absolute Gasteiger partial charge is 0.312 e. The summed E-state index contributed by atoms with van der Waals surface area (Å²) >= 11 is 7.74. The van der Waals surface area contributed by atoms with E-state index in [2.05, 4.69) is 33.0 Å². The maximum atomic E-state index is 5.97. The highest BCUT2D eigenvalue weighted by molar-refractivity contribution is 7.15. The summed E-state index contributed by atoms with van der Waals surface area (Å²) in [6.07, 6.45) is 1.15. The Morgan fingerprint density at radius 2 is 1.86 bits per heavy atom. The van der Waals surface area contributed by atoms with Gasteiger partial charge in [-0.15, -0.1) is 11.3 Å². The molecule has 0 unspecified atom stereocenters. The van der Waals surface area contributed by atoms with Crippen LogP contribution in [0.4, 0.5) is 0 Å². The van der Waals surface area contributed by atoms with Crippen LogP contribution in [0.3, 0.4) is 0 Å². The molecule has 0 amide bonds. The molecule has 21 heavy (non-hydrogen) atoms. The molecular weight excluding hydrogens is 300 g/mol. The van der Waals surface area contributed by atoms with Crippen molar-refractivity contribution in [2.75, 3.05) is 6.54 Å². The van der Waals surface area contributed by atoms with E-state index in [1.165, 1.54) is 10.6 Å². The van der Waals surface area contributed by atoms with Crippen molar-refractivity contribution in [1.29, 1.82) is 0 Å². The minimum Gasteiger partial charge on any atom is -0.312 e. The van der Waals surface area contributed by atoms with Gasteiger partial charge in [-0.05, 0) is 25.1 Å². The second-order valence-electron chi connectivity index (χ2n) is 6.22. The Kier molecular flexibility index (Phi) is 5.42. The third kappa shape index (κ3) is 4.29. The van der Waals surface area contributed by atoms with Gasteiger partial charge in [-0.3, -0.25) is 0 Å². The zero-order valence-corrected chi connectivity index (χ0v) is 14.7. The first-order chi connectivity index (χ1) is 9.91. The van der Waals surface area contributed by atoms with Crippen LogP contribution in [0.15, 0.2) is 24.3 Å². The Morgan fingerprint density at radius 3 is 2.43 bits per heavy atom. The number of rotatable bonds is 5. The summed E-state index contributed by atoms with van der Waals surface area (Å²) in [6.45, 7) is 10.8. The number of hydrogen-bond acceptors (Lipinski definition) is 3. The van der Waals surface area contributed by atoms with Crippen molar-refractivity contribution in [2.24, 2.45) is 0 Å². The van der Waals surface area contributed by atoms with Gasteiger partial charge in [0.05, 0.1) is 5.69 Å². The van der Waals surface area contributed by atoms with Gasteiger partial charge in [-0.1, -0.05) is 51.4 Å². The summed E-state index contributed by atoms with van der Waals surface area (Å²) in [5.74, 6) is 0. The number of nitrogens with zero attached hydrogens (tertiary/aromatic N) is 1. The maximum Gasteiger partial charge on any atom is 0.123 e. The summed E-state index contributed by atoms with van der Waals surface area (Å²) in [7, 11) is 0. The van der Waals surface area contributed by atoms with E-state index in [1.54, 1.807) is 11.3 Å². The molecule has 0 spiro atoms. The van der Waals surface area contributed by atoms with Gasteiger partial charge in [0.2, 0.25) is 0 Å². The molecule has 1 aromatic heterocycles. The fraction of sp³-hybridized carbons (Fsp3) is 0.471. The van der Waals surface area contributed by atoms with Crippen molar-refractivity contribution in [3.8, 4) is 10.6 Å². The van der Waals surface area contributed by atoms with Crippen LogP contribution in [-0.2, 0) is 12.0 Å². The molecule has 1 aromatic carbocycles. The van der Waals surface area contributed by atoms with E-state index in [1.807, 2.05) is 24.3 Å². The van der Waals surface area contributed by atoms with Gasteiger partial charge in [0.25, 0.3) is 0 Å². The third-order valence-electron chi connectivity index (χ3n) is 3.21. The maximum absolute atomic E-state index is 5.97. The molecule has 0 aliphatic carbocycles. The first-order valence-corrected chi connectivity index (χ1v) is 8.58. The van der Waals surface area contributed by atoms with Crippen LogP contribution in [-0.4, -0.2) is 11.5 Å². The van der Waals surface area contributed by atoms with Gasteiger partial charge >= 0.3 is 0 Å². The lowest BCUT2D eigenvalue weighted by Gasteiger charge is -2.17. The highest BCUT2D eigenvalue weighted by Crippen LogP contribution is 2.34. The van der Waals surface area contributed by atoms with Crippen molar-refractivity contribution in [2.45, 2.75) is 46.1 Å². The highest BCUT2D eigenvalue weighted by Gasteiger charge is 2.23. The molecule has 1 N–H and O–H groups in total. The van der Waals surface area contributed by atoms with E-state index < -0.39 is 0 Å². The molecule has 0 fully saturated rings. The topological polar surface area (TPSA) is 24.9 Å². The molecule has 0 saturated heterocycles. The van der Waals surface area contributed by atoms with Crippen LogP contribution in [0.1, 0.15) is 44.7 Å². The Balaban J connectivity index is 2.33. The molecule has 4 heteroatoms. The van der Waals surface area contributed by atoms with Crippen LogP contribution in [0.5, 0.6) is 0 Å². The van der Waals surface area contributed by atoms with E-state index in [0.717, 1.165) is 35.1 Å². The van der Waals surface area contributed by atoms with Crippen LogP contribution >= 0.6 is 22.9 Å². The van der Waals surface area contributed by atoms with Crippen molar-refractivity contribution >= 4 is 22.9 Å². The fourth-order valence-corrected chi connectivity index (χ4v) is 3.53. The molecule has 2 rings (SSSR count). The molecule has 2 aromatic rings. The van der Waals surface area contributed by atoms with Crippen molar-refractivity contribution < 1.29 is 0 Å². The molecule has 0 atom stereocenters. The number of aromatic nitrogens is 1. The van der Waals surface area contributed by atoms with Crippen molar-refractivity contribution in [3.63, 3.8) is 0 Å². The molecule has 1 heterocycles. The summed E-state index contributed by atoms with van der Waals surface area (Å²) in [6, 6.07) is 7.92. The molecule has 0 radical (unpaired) electrons. The Morgan fingerprint density at radius 1 is 1.19 bits per heavy atom. The smallest absolute Gasteiger partial charge is 0.123 e. The average molecular weight is 323 g/mol. The third-order valence-corrected chi connectivity index (χ3v) is 4.57. The predicted molar refractivity (Wildman–Crippen MR) is 93.3 cm³/mol. The van der Waals surface area contributed by atoms with E-state index in [9.17, 15) is 0 Å². The number of hydrogen-bond donors (Lipinski definition) is 1. The Bertz CT molecular complexity index is 582. The SMILES string of the molecule is CCCNCc1sc(-c2ccc(Cl)cc2)nc1C(C)(C)C. The van der Waals surface area contributed by atoms with Crippen LogP contribution in [0.2, 0.25) is 5.02 Å². The van der Waals surface area contributed by atoms with Crippen LogP contribution in [0, 0.1) is 0 Å². The lowest BCUT2D eigenvalue weighted by atomic mass is 9.91. The minimum atomic E-state index is 0.0599. The Hall–Kier alpha value is -0.900. The normalized spacial score (nSPS) is 11.9. The molecule has 114 valence electrons. The fourth-order valence-electron chi connectivity index (χ4n) is 2.15. The lowest BCUT2D eigenvalue weighted by Crippen LogP contribution is -2.19. The monoisotopic (exact) mass is 322 g/mol. The first kappa shape index (κ1) is 16.5. The summed E-state index contributed by atoms with van der Waals surface area (Å²) in [4.78, 5) is 6.23. The van der Waals surface area contributed by atoms with Crippen LogP contribution < -0.4 is 5.32 Å². The molecule has 0 saturated carbocycles. The molecule has 0 aliphatic rings. The molecule has 0 bridgehead atoms. The zero-order chi connectivity index (χ0) is 15.5. The first-order valence-electron chi connectivity index (χ1n) is 7.38. The van der Waals surface area contributed by atoms with Crippen LogP contribution in [0.25, 0.3) is 10.6 Å². The minimum absolute atomic E-state index is 0.0599. The van der Waals surface area contributed by atoms with Gasteiger partial charge in [0.1, 0.15) is 5.01 Å². The van der Waals surface area contributed by atoms with E-state index in [-0.39, 0.29) is 5.41 Å². The average Bonchev–Trinajstić information content (AvgIpc) is 2.84. The number of benzene rings is 1. The molecule has 0 aliphatic heterocycles. The van der Waals surface area contributed by atoms with Gasteiger partial charge in [-0.25, -0.2) is 4.98 Å². The lowest BCUT2D eigenvalue weighted by molar-refractivity contribution is 0.559. The number of thiazole rings is 1. The second-order valence-corrected chi connectivity index (χ2v) is 7.74. The zero-order valence-electron chi connectivity index (χ0n) is 13.2. The number of halogens is 1. The summed E-state index contributed by atoms with van der Waals surface area (Å²) in [5, 5.41) is 5.32. The predicted octanol–water partition coefficient (Wildman–Crippen LogP) is 5.26. The van der Waals surface area contributed by atoms with Gasteiger partial charge in [0, 0.05) is 27.4 Å². The number of nitrogens with one attached hydrogen (secondary N) is 1. The van der Waals surface area contributed by atoms with Crippen molar-refractivity contribution in [3.05, 3.63) is 39.9 Å². The van der Waals surface area contributed by atoms with E-state index in [0.29, 0.717) is 0 Å². The summed E-state index contributed by atoms with van der Waals surface area (Å²) < 4.78 is 0. The second kappa shape index (κ2) is 6.91. The quantitative estimate of drug-likeness (QED) is 0.759. The highest BCUT2D eigenvalue weighted by atomic mass is 35.5. The summed E-state index contributed by atoms with van der Waals surface area (Å²) in [5.41, 5.74) is 2.39. The molecule has 2 nitrogen and oxygen atoms in total. The van der Waals surface area contributed by atoms with Crippen molar-refractivity contribution in [1.82, 2.24) is 10.3 Å². The Labute approximate surface area is 136 Å². The van der Waals surface area contributed by atoms with Gasteiger partial charge < -0.3 is 5.32 Å². The van der Waals surface area contributed by atoms with Gasteiger partial charge in [-0.2, -0.15) is 0 Å². The van der Waals surface area contributed by atoms with E-state index >= 15 is 0 Å². The van der Waals surface area contributed by atoms with Gasteiger partial charge in [0.15, 0.2) is 0 Å². The molecular formula is C17H23ClN2S. The van der Waals surface area contributed by atoms with E-state index in [4.69, 9.17) is 16.6 Å². The standard InChI is InChI=1S/C17H23ClN2S/c1-5-10-19-11-14-15(17(2,3)4)20-16(21-14)12-6-8-13(18)9-7-12/h6-9,19H,5,10-11H2,1-4H3.